The molecule has 2 aromatic rings. The number of oxazole rings is 1. The molecule has 0 spiro atoms. The molecule has 14 heavy (non-hydrogen) atoms. The lowest BCUT2D eigenvalue weighted by molar-refractivity contribution is 0.479. The monoisotopic (exact) mass is 210 g/mol. The van der Waals surface area contributed by atoms with E-state index in [-0.39, 0.29) is 0 Å². The van der Waals surface area contributed by atoms with Crippen molar-refractivity contribution in [3.05, 3.63) is 24.0 Å². The van der Waals surface area contributed by atoms with Crippen LogP contribution in [0.3, 0.4) is 0 Å². The molecule has 0 fully saturated rings. The number of nitrogen functional groups attached to an aromatic ring is 1. The number of aryl methyl sites for hydroxylation is 1. The molecule has 0 bridgehead atoms. The summed E-state index contributed by atoms with van der Waals surface area (Å²) in [5.41, 5.74) is 5.53. The van der Waals surface area contributed by atoms with Gasteiger partial charge in [0.15, 0.2) is 5.13 Å². The fourth-order valence-electron chi connectivity index (χ4n) is 1.00. The number of anilines is 2. The standard InChI is InChI=1S/C8H10N4OS/c1-5-2-10-7(13-5)4-12-8-11-3-6(9)14-8/h2-3H,4,9H2,1H3,(H,11,12). The quantitative estimate of drug-likeness (QED) is 0.805. The van der Waals surface area contributed by atoms with E-state index >= 15 is 0 Å². The van der Waals surface area contributed by atoms with Crippen molar-refractivity contribution in [2.45, 2.75) is 13.5 Å². The van der Waals surface area contributed by atoms with Crippen molar-refractivity contribution >= 4 is 21.5 Å². The fourth-order valence-corrected chi connectivity index (χ4v) is 1.58. The smallest absolute Gasteiger partial charge is 0.213 e. The predicted octanol–water partition coefficient (Wildman–Crippen LogP) is 1.63. The maximum Gasteiger partial charge on any atom is 0.213 e. The van der Waals surface area contributed by atoms with Gasteiger partial charge in [-0.15, -0.1) is 0 Å². The van der Waals surface area contributed by atoms with Crippen LogP contribution in [0.4, 0.5) is 10.1 Å². The van der Waals surface area contributed by atoms with Crippen molar-refractivity contribution in [1.29, 1.82) is 0 Å². The van der Waals surface area contributed by atoms with E-state index in [2.05, 4.69) is 15.3 Å². The topological polar surface area (TPSA) is 77.0 Å². The molecule has 5 nitrogen and oxygen atoms in total. The van der Waals surface area contributed by atoms with Crippen molar-refractivity contribution < 1.29 is 4.42 Å². The van der Waals surface area contributed by atoms with Gasteiger partial charge in [-0.3, -0.25) is 0 Å². The van der Waals surface area contributed by atoms with E-state index in [9.17, 15) is 0 Å². The number of nitrogens with two attached hydrogens (primary N) is 1. The van der Waals surface area contributed by atoms with Crippen LogP contribution >= 0.6 is 11.3 Å². The summed E-state index contributed by atoms with van der Waals surface area (Å²) in [5.74, 6) is 1.46. The number of nitrogens with zero attached hydrogens (tertiary/aromatic N) is 2. The van der Waals surface area contributed by atoms with Crippen LogP contribution in [0.5, 0.6) is 0 Å². The molecule has 2 heterocycles. The Morgan fingerprint density at radius 3 is 2.93 bits per heavy atom. The Balaban J connectivity index is 1.94. The molecule has 0 aliphatic rings. The third kappa shape index (κ3) is 2.02. The summed E-state index contributed by atoms with van der Waals surface area (Å²) in [6.07, 6.45) is 3.31. The van der Waals surface area contributed by atoms with Crippen LogP contribution in [0.15, 0.2) is 16.8 Å². The molecule has 0 saturated heterocycles. The first-order chi connectivity index (χ1) is 6.74. The van der Waals surface area contributed by atoms with Gasteiger partial charge in [0.1, 0.15) is 10.8 Å². The van der Waals surface area contributed by atoms with Gasteiger partial charge in [-0.25, -0.2) is 9.97 Å². The summed E-state index contributed by atoms with van der Waals surface area (Å²) in [6, 6.07) is 0. The van der Waals surface area contributed by atoms with Crippen LogP contribution in [0.2, 0.25) is 0 Å². The first kappa shape index (κ1) is 9.01. The molecule has 0 atom stereocenters. The Labute approximate surface area is 85.0 Å². The largest absolute Gasteiger partial charge is 0.444 e. The lowest BCUT2D eigenvalue weighted by Gasteiger charge is -1.96. The molecule has 2 rings (SSSR count). The van der Waals surface area contributed by atoms with E-state index in [1.54, 1.807) is 12.4 Å². The highest BCUT2D eigenvalue weighted by Gasteiger charge is 2.02. The lowest BCUT2D eigenvalue weighted by Crippen LogP contribution is -1.98. The fraction of sp³-hybridized carbons (Fsp3) is 0.250. The summed E-state index contributed by atoms with van der Waals surface area (Å²) in [4.78, 5) is 8.10. The Morgan fingerprint density at radius 2 is 2.36 bits per heavy atom. The van der Waals surface area contributed by atoms with Crippen LogP contribution in [0.1, 0.15) is 11.7 Å². The lowest BCUT2D eigenvalue weighted by atomic mass is 10.6. The Morgan fingerprint density at radius 1 is 1.50 bits per heavy atom. The van der Waals surface area contributed by atoms with Crippen molar-refractivity contribution in [3.63, 3.8) is 0 Å². The number of nitrogens with one attached hydrogen (secondary N) is 1. The first-order valence-electron chi connectivity index (χ1n) is 4.10. The Hall–Kier alpha value is -1.56. The molecule has 3 N–H and O–H groups in total. The van der Waals surface area contributed by atoms with Crippen LogP contribution in [0, 0.1) is 6.92 Å². The predicted molar refractivity (Wildman–Crippen MR) is 55.1 cm³/mol. The zero-order chi connectivity index (χ0) is 9.97. The minimum Gasteiger partial charge on any atom is -0.444 e. The molecular formula is C8H10N4OS. The van der Waals surface area contributed by atoms with Crippen LogP contribution in [0.25, 0.3) is 0 Å². The molecule has 0 aliphatic heterocycles. The van der Waals surface area contributed by atoms with Crippen LogP contribution in [-0.4, -0.2) is 9.97 Å². The summed E-state index contributed by atoms with van der Waals surface area (Å²) in [7, 11) is 0. The highest BCUT2D eigenvalue weighted by molar-refractivity contribution is 7.19. The number of hydrogen-bond donors (Lipinski definition) is 2. The maximum absolute atomic E-state index is 5.53. The van der Waals surface area contributed by atoms with Gasteiger partial charge in [-0.2, -0.15) is 0 Å². The first-order valence-corrected chi connectivity index (χ1v) is 4.92. The average molecular weight is 210 g/mol. The van der Waals surface area contributed by atoms with Crippen LogP contribution < -0.4 is 11.1 Å². The molecular weight excluding hydrogens is 200 g/mol. The van der Waals surface area contributed by atoms with Gasteiger partial charge < -0.3 is 15.5 Å². The summed E-state index contributed by atoms with van der Waals surface area (Å²) in [6.45, 7) is 2.39. The maximum atomic E-state index is 5.53. The second-order valence-corrected chi connectivity index (χ2v) is 3.85. The average Bonchev–Trinajstić information content (AvgIpc) is 2.72. The molecule has 0 aromatic carbocycles. The number of rotatable bonds is 3. The Kier molecular flexibility index (Phi) is 2.36. The third-order valence-electron chi connectivity index (χ3n) is 1.58. The number of hydrogen-bond acceptors (Lipinski definition) is 6. The second-order valence-electron chi connectivity index (χ2n) is 2.79. The molecule has 74 valence electrons. The molecule has 0 radical (unpaired) electrons. The van der Waals surface area contributed by atoms with Gasteiger partial charge in [0.2, 0.25) is 5.89 Å². The molecule has 0 amide bonds. The number of aromatic nitrogens is 2. The zero-order valence-electron chi connectivity index (χ0n) is 7.65. The van der Waals surface area contributed by atoms with E-state index in [1.807, 2.05) is 6.92 Å². The van der Waals surface area contributed by atoms with Crippen molar-refractivity contribution in [1.82, 2.24) is 9.97 Å². The molecule has 0 unspecified atom stereocenters. The van der Waals surface area contributed by atoms with Crippen LogP contribution in [-0.2, 0) is 6.54 Å². The molecule has 0 aliphatic carbocycles. The zero-order valence-corrected chi connectivity index (χ0v) is 8.47. The van der Waals surface area contributed by atoms with Crippen molar-refractivity contribution in [3.8, 4) is 0 Å². The second kappa shape index (κ2) is 3.67. The normalized spacial score (nSPS) is 10.4. The van der Waals surface area contributed by atoms with Gasteiger partial charge in [-0.1, -0.05) is 11.3 Å². The highest BCUT2D eigenvalue weighted by atomic mass is 32.1. The third-order valence-corrected chi connectivity index (χ3v) is 2.37. The summed E-state index contributed by atoms with van der Waals surface area (Å²) in [5, 5.41) is 4.53. The summed E-state index contributed by atoms with van der Waals surface area (Å²) < 4.78 is 5.28. The van der Waals surface area contributed by atoms with Gasteiger partial charge in [-0.05, 0) is 6.92 Å². The van der Waals surface area contributed by atoms with Gasteiger partial charge in [0, 0.05) is 0 Å². The summed E-state index contributed by atoms with van der Waals surface area (Å²) >= 11 is 1.40. The number of thiazole rings is 1. The van der Waals surface area contributed by atoms with Gasteiger partial charge >= 0.3 is 0 Å². The van der Waals surface area contributed by atoms with Gasteiger partial charge in [0.25, 0.3) is 0 Å². The van der Waals surface area contributed by atoms with Gasteiger partial charge in [0.05, 0.1) is 18.9 Å². The molecule has 0 saturated carbocycles. The minimum absolute atomic E-state index is 0.529. The SMILES string of the molecule is Cc1cnc(CNc2ncc(N)s2)o1. The van der Waals surface area contributed by atoms with E-state index in [0.29, 0.717) is 17.4 Å². The minimum atomic E-state index is 0.529. The van der Waals surface area contributed by atoms with E-state index in [1.165, 1.54) is 11.3 Å². The molecule has 2 aromatic heterocycles. The molecule has 6 heteroatoms. The Bertz CT molecular complexity index is 382. The van der Waals surface area contributed by atoms with Crippen molar-refractivity contribution in [2.24, 2.45) is 0 Å². The van der Waals surface area contributed by atoms with E-state index < -0.39 is 0 Å². The van der Waals surface area contributed by atoms with E-state index in [0.717, 1.165) is 10.9 Å². The van der Waals surface area contributed by atoms with Crippen molar-refractivity contribution in [2.75, 3.05) is 11.1 Å². The highest BCUT2D eigenvalue weighted by Crippen LogP contribution is 2.19. The van der Waals surface area contributed by atoms with E-state index in [4.69, 9.17) is 10.2 Å².